The molecule has 1 aromatic heterocycles. The van der Waals surface area contributed by atoms with Crippen LogP contribution >= 0.6 is 0 Å². The number of allylic oxidation sites excluding steroid dienone is 1. The minimum absolute atomic E-state index is 0.163. The molecule has 1 aliphatic heterocycles. The van der Waals surface area contributed by atoms with Crippen molar-refractivity contribution >= 4 is 12.0 Å². The first-order valence-electron chi connectivity index (χ1n) is 15.4. The third-order valence-electron chi connectivity index (χ3n) is 8.33. The van der Waals surface area contributed by atoms with Gasteiger partial charge < -0.3 is 15.0 Å². The number of benzene rings is 2. The van der Waals surface area contributed by atoms with E-state index in [2.05, 4.69) is 52.5 Å². The van der Waals surface area contributed by atoms with Gasteiger partial charge in [0.15, 0.2) is 0 Å². The fourth-order valence-electron chi connectivity index (χ4n) is 5.86. The van der Waals surface area contributed by atoms with Crippen LogP contribution < -0.4 is 10.9 Å². The van der Waals surface area contributed by atoms with Gasteiger partial charge in [0.1, 0.15) is 0 Å². The van der Waals surface area contributed by atoms with Crippen LogP contribution in [-0.2, 0) is 17.8 Å². The summed E-state index contributed by atoms with van der Waals surface area (Å²) in [5.74, 6) is 0.848. The van der Waals surface area contributed by atoms with E-state index in [0.29, 0.717) is 11.1 Å². The first-order chi connectivity index (χ1) is 20.2. The van der Waals surface area contributed by atoms with Crippen molar-refractivity contribution in [3.63, 3.8) is 0 Å². The summed E-state index contributed by atoms with van der Waals surface area (Å²) in [6, 6.07) is 14.5. The molecule has 1 saturated heterocycles. The fraction of sp³-hybridized carbons (Fsp3) is 0.444. The maximum atomic E-state index is 13.3. The number of nitrogens with one attached hydrogen (secondary N) is 2. The number of carbonyl (C=O) groups excluding carboxylic acids is 1. The molecular weight excluding hydrogens is 522 g/mol. The van der Waals surface area contributed by atoms with E-state index in [1.165, 1.54) is 31.2 Å². The molecule has 224 valence electrons. The van der Waals surface area contributed by atoms with Gasteiger partial charge in [-0.15, -0.1) is 0 Å². The lowest BCUT2D eigenvalue weighted by Crippen LogP contribution is -2.35. The molecule has 5 rings (SSSR count). The first-order valence-corrected chi connectivity index (χ1v) is 15.4. The molecule has 1 aliphatic carbocycles. The molecule has 2 fully saturated rings. The zero-order chi connectivity index (χ0) is 30.1. The third kappa shape index (κ3) is 8.52. The zero-order valence-electron chi connectivity index (χ0n) is 26.0. The Bertz CT molecular complexity index is 1430. The highest BCUT2D eigenvalue weighted by atomic mass is 16.5. The molecule has 42 heavy (non-hydrogen) atoms. The molecule has 6 nitrogen and oxygen atoms in total. The summed E-state index contributed by atoms with van der Waals surface area (Å²) in [5, 5.41) is 2.97. The van der Waals surface area contributed by atoms with Crippen LogP contribution in [0.5, 0.6) is 0 Å². The lowest BCUT2D eigenvalue weighted by molar-refractivity contribution is 0.0342. The number of aromatic amines is 1. The molecular formula is C36H47N3O3. The number of hydrogen-bond donors (Lipinski definition) is 2. The number of hydrogen-bond acceptors (Lipinski definition) is 4. The molecule has 0 unspecified atom stereocenters. The molecule has 0 atom stereocenters. The van der Waals surface area contributed by atoms with E-state index in [4.69, 9.17) is 4.74 Å². The molecule has 0 radical (unpaired) electrons. The van der Waals surface area contributed by atoms with E-state index >= 15 is 0 Å². The standard InChI is InChI=1S/C30H35N3O3.C6H12/c1-5-6-26-21(3)16-25(24-9-7-23(8-10-24)19-33-11-13-36-14-12-33)17-27(26)29(34)31-18-28-20(2)15-22(4)32-30(28)35;1-6-4-2-3-5-6/h5-10,15-17H,11-14,18-19H2,1-4H3,(H,31,34)(H,32,35);6H,2-5H2,1H3/b6-5-;. The minimum atomic E-state index is -0.198. The van der Waals surface area contributed by atoms with Crippen LogP contribution in [0, 0.1) is 26.7 Å². The van der Waals surface area contributed by atoms with Crippen molar-refractivity contribution < 1.29 is 9.53 Å². The third-order valence-corrected chi connectivity index (χ3v) is 8.33. The second kappa shape index (κ2) is 15.1. The van der Waals surface area contributed by atoms with Crippen molar-refractivity contribution in [2.24, 2.45) is 5.92 Å². The number of amides is 1. The van der Waals surface area contributed by atoms with Crippen LogP contribution in [0.3, 0.4) is 0 Å². The zero-order valence-corrected chi connectivity index (χ0v) is 26.0. The van der Waals surface area contributed by atoms with Gasteiger partial charge in [-0.3, -0.25) is 14.5 Å². The summed E-state index contributed by atoms with van der Waals surface area (Å²) < 4.78 is 5.45. The quantitative estimate of drug-likeness (QED) is 0.323. The monoisotopic (exact) mass is 569 g/mol. The second-order valence-electron chi connectivity index (χ2n) is 11.9. The molecule has 2 aromatic carbocycles. The van der Waals surface area contributed by atoms with Gasteiger partial charge in [-0.2, -0.15) is 0 Å². The molecule has 2 aliphatic rings. The van der Waals surface area contributed by atoms with Gasteiger partial charge in [0, 0.05) is 43.0 Å². The summed E-state index contributed by atoms with van der Waals surface area (Å²) in [4.78, 5) is 31.0. The molecule has 2 heterocycles. The van der Waals surface area contributed by atoms with Crippen LogP contribution in [0.1, 0.15) is 83.4 Å². The van der Waals surface area contributed by atoms with Crippen molar-refractivity contribution in [2.75, 3.05) is 26.3 Å². The second-order valence-corrected chi connectivity index (χ2v) is 11.9. The Morgan fingerprint density at radius 3 is 2.29 bits per heavy atom. The van der Waals surface area contributed by atoms with Crippen molar-refractivity contribution in [1.29, 1.82) is 0 Å². The van der Waals surface area contributed by atoms with E-state index in [1.807, 2.05) is 52.0 Å². The Kier molecular flexibility index (Phi) is 11.3. The maximum Gasteiger partial charge on any atom is 0.253 e. The predicted octanol–water partition coefficient (Wildman–Crippen LogP) is 6.96. The molecule has 3 aromatic rings. The molecule has 1 saturated carbocycles. The van der Waals surface area contributed by atoms with Gasteiger partial charge in [0.25, 0.3) is 11.5 Å². The number of carbonyl (C=O) groups is 1. The Morgan fingerprint density at radius 2 is 1.69 bits per heavy atom. The Morgan fingerprint density at radius 1 is 1.00 bits per heavy atom. The normalized spacial score (nSPS) is 15.9. The number of H-pyrrole nitrogens is 1. The van der Waals surface area contributed by atoms with E-state index in [9.17, 15) is 9.59 Å². The molecule has 1 amide bonds. The van der Waals surface area contributed by atoms with Gasteiger partial charge in [0.2, 0.25) is 0 Å². The number of aromatic nitrogens is 1. The molecule has 2 N–H and O–H groups in total. The van der Waals surface area contributed by atoms with Crippen LogP contribution in [0.25, 0.3) is 17.2 Å². The van der Waals surface area contributed by atoms with Gasteiger partial charge >= 0.3 is 0 Å². The van der Waals surface area contributed by atoms with E-state index in [1.54, 1.807) is 0 Å². The predicted molar refractivity (Wildman–Crippen MR) is 173 cm³/mol. The highest BCUT2D eigenvalue weighted by molar-refractivity contribution is 5.99. The van der Waals surface area contributed by atoms with Crippen LogP contribution in [0.15, 0.2) is 53.3 Å². The van der Waals surface area contributed by atoms with Crippen molar-refractivity contribution in [2.45, 2.75) is 73.4 Å². The SMILES string of the molecule is C/C=C\c1c(C)cc(-c2ccc(CN3CCOCC3)cc2)cc1C(=O)NCc1c(C)cc(C)[nH]c1=O.CC1CCCC1. The van der Waals surface area contributed by atoms with Crippen molar-refractivity contribution in [3.8, 4) is 11.1 Å². The van der Waals surface area contributed by atoms with E-state index in [-0.39, 0.29) is 18.0 Å². The van der Waals surface area contributed by atoms with Crippen LogP contribution in [0.2, 0.25) is 0 Å². The highest BCUT2D eigenvalue weighted by Gasteiger charge is 2.16. The van der Waals surface area contributed by atoms with Gasteiger partial charge in [-0.25, -0.2) is 0 Å². The van der Waals surface area contributed by atoms with Crippen LogP contribution in [-0.4, -0.2) is 42.1 Å². The number of pyridine rings is 1. The van der Waals surface area contributed by atoms with E-state index < -0.39 is 0 Å². The Labute approximate surface area is 251 Å². The first kappa shape index (κ1) is 31.5. The smallest absolute Gasteiger partial charge is 0.253 e. The number of aryl methyl sites for hydroxylation is 3. The van der Waals surface area contributed by atoms with Gasteiger partial charge in [0.05, 0.1) is 13.2 Å². The van der Waals surface area contributed by atoms with Crippen molar-refractivity contribution in [3.05, 3.63) is 98.0 Å². The number of morpholine rings is 1. The highest BCUT2D eigenvalue weighted by Crippen LogP contribution is 2.28. The lowest BCUT2D eigenvalue weighted by atomic mass is 9.93. The molecule has 0 bridgehead atoms. The fourth-order valence-corrected chi connectivity index (χ4v) is 5.86. The average molecular weight is 570 g/mol. The Hall–Kier alpha value is -3.48. The van der Waals surface area contributed by atoms with Crippen molar-refractivity contribution in [1.82, 2.24) is 15.2 Å². The molecule has 0 spiro atoms. The molecule has 6 heteroatoms. The summed E-state index contributed by atoms with van der Waals surface area (Å²) >= 11 is 0. The summed E-state index contributed by atoms with van der Waals surface area (Å²) in [7, 11) is 0. The summed E-state index contributed by atoms with van der Waals surface area (Å²) in [6.07, 6.45) is 9.85. The maximum absolute atomic E-state index is 13.3. The Balaban J connectivity index is 0.000000600. The van der Waals surface area contributed by atoms with Gasteiger partial charge in [-0.05, 0) is 79.1 Å². The summed E-state index contributed by atoms with van der Waals surface area (Å²) in [5.41, 5.74) is 7.92. The minimum Gasteiger partial charge on any atom is -0.379 e. The van der Waals surface area contributed by atoms with Crippen LogP contribution in [0.4, 0.5) is 0 Å². The number of ether oxygens (including phenoxy) is 1. The largest absolute Gasteiger partial charge is 0.379 e. The topological polar surface area (TPSA) is 74.4 Å². The lowest BCUT2D eigenvalue weighted by Gasteiger charge is -2.26. The van der Waals surface area contributed by atoms with E-state index in [0.717, 1.165) is 72.3 Å². The van der Waals surface area contributed by atoms with Gasteiger partial charge in [-0.1, -0.05) is 75.1 Å². The average Bonchev–Trinajstić information content (AvgIpc) is 3.45. The number of rotatable bonds is 7. The number of nitrogens with zero attached hydrogens (tertiary/aromatic N) is 1. The summed E-state index contributed by atoms with van der Waals surface area (Å²) in [6.45, 7) is 14.6.